The first-order chi connectivity index (χ1) is 13.2. The van der Waals surface area contributed by atoms with Crippen LogP contribution in [-0.4, -0.2) is 58.1 Å². The van der Waals surface area contributed by atoms with Crippen LogP contribution in [-0.2, 0) is 19.6 Å². The average Bonchev–Trinajstić information content (AvgIpc) is 3.10. The smallest absolute Gasteiger partial charge is 0.396 e. The van der Waals surface area contributed by atoms with Crippen LogP contribution in [0.1, 0.15) is 47.0 Å². The second-order valence-corrected chi connectivity index (χ2v) is 10.9. The molecule has 2 saturated carbocycles. The van der Waals surface area contributed by atoms with Gasteiger partial charge in [-0.15, -0.1) is 0 Å². The van der Waals surface area contributed by atoms with E-state index in [1.165, 1.54) is 0 Å². The van der Waals surface area contributed by atoms with Crippen LogP contribution in [0.3, 0.4) is 0 Å². The van der Waals surface area contributed by atoms with Crippen LogP contribution >= 0.6 is 0 Å². The zero-order valence-corrected chi connectivity index (χ0v) is 17.9. The molecule has 30 heavy (non-hydrogen) atoms. The predicted molar refractivity (Wildman–Crippen MR) is 94.4 cm³/mol. The number of ether oxygens (including phenoxy) is 1. The van der Waals surface area contributed by atoms with Gasteiger partial charge in [0.1, 0.15) is 0 Å². The fourth-order valence-electron chi connectivity index (χ4n) is 5.33. The van der Waals surface area contributed by atoms with Gasteiger partial charge in [-0.3, -0.25) is 4.79 Å². The Morgan fingerprint density at radius 3 is 1.97 bits per heavy atom. The highest BCUT2D eigenvalue weighted by atomic mass is 32.2. The number of hydrogen-bond acceptors (Lipinski definition) is 7. The number of carbonyl (C=O) groups excluding carboxylic acids is 1. The number of aliphatic hydroxyl groups is 2. The molecule has 2 aliphatic carbocycles. The number of esters is 1. The number of hydrogen-bond donors (Lipinski definition) is 2. The summed E-state index contributed by atoms with van der Waals surface area (Å²) in [5, 5.41) is 15.3. The molecule has 0 aromatic heterocycles. The van der Waals surface area contributed by atoms with E-state index in [4.69, 9.17) is 4.74 Å². The summed E-state index contributed by atoms with van der Waals surface area (Å²) in [6.45, 7) is 5.11. The minimum Gasteiger partial charge on any atom is -0.743 e. The van der Waals surface area contributed by atoms with Crippen molar-refractivity contribution in [2.24, 2.45) is 29.6 Å². The molecule has 2 rings (SSSR count). The highest BCUT2D eigenvalue weighted by Crippen LogP contribution is 2.61. The van der Waals surface area contributed by atoms with Gasteiger partial charge < -0.3 is 19.5 Å². The van der Waals surface area contributed by atoms with Crippen LogP contribution in [0.25, 0.3) is 0 Å². The van der Waals surface area contributed by atoms with E-state index in [0.29, 0.717) is 6.42 Å². The molecule has 0 aromatic carbocycles. The Bertz CT molecular complexity index is 770. The number of fused-ring (bicyclic) bond motifs is 2. The lowest BCUT2D eigenvalue weighted by atomic mass is 9.63. The lowest BCUT2D eigenvalue weighted by molar-refractivity contribution is -0.178. The standard InChI is InChI=1S/C18H28F4O7S/c1-15(2,24)12-9-7-10(13(12)16(3,4)25)11(8-9)14(23)29-6-5-17(19,20)18(21,22)30(26,27)28/h9-13,24-25H,5-8H2,1-4H3,(H,26,27,28)/p-1. The molecule has 5 unspecified atom stereocenters. The van der Waals surface area contributed by atoms with E-state index in [1.54, 1.807) is 27.7 Å². The van der Waals surface area contributed by atoms with E-state index in [-0.39, 0.29) is 18.3 Å². The highest BCUT2D eigenvalue weighted by molar-refractivity contribution is 7.86. The molecule has 0 aliphatic heterocycles. The Morgan fingerprint density at radius 2 is 1.53 bits per heavy atom. The van der Waals surface area contributed by atoms with Crippen molar-refractivity contribution >= 4 is 16.1 Å². The Kier molecular flexibility index (Phi) is 6.37. The van der Waals surface area contributed by atoms with E-state index in [1.807, 2.05) is 0 Å². The summed E-state index contributed by atoms with van der Waals surface area (Å²) < 4.78 is 89.2. The second-order valence-electron chi connectivity index (χ2n) is 9.45. The Labute approximate surface area is 172 Å². The van der Waals surface area contributed by atoms with E-state index < -0.39 is 69.2 Å². The molecule has 2 N–H and O–H groups in total. The van der Waals surface area contributed by atoms with E-state index in [0.717, 1.165) is 0 Å². The van der Waals surface area contributed by atoms with Crippen molar-refractivity contribution in [1.82, 2.24) is 0 Å². The van der Waals surface area contributed by atoms with Crippen molar-refractivity contribution in [3.8, 4) is 0 Å². The molecule has 0 saturated heterocycles. The summed E-state index contributed by atoms with van der Waals surface area (Å²) in [6.07, 6.45) is -1.05. The average molecular weight is 463 g/mol. The largest absolute Gasteiger partial charge is 0.743 e. The van der Waals surface area contributed by atoms with Gasteiger partial charge in [-0.2, -0.15) is 17.6 Å². The van der Waals surface area contributed by atoms with Crippen molar-refractivity contribution in [2.75, 3.05) is 6.61 Å². The minimum absolute atomic E-state index is 0.125. The van der Waals surface area contributed by atoms with Crippen LogP contribution < -0.4 is 0 Å². The maximum absolute atomic E-state index is 13.5. The van der Waals surface area contributed by atoms with Crippen LogP contribution in [0.5, 0.6) is 0 Å². The monoisotopic (exact) mass is 463 g/mol. The van der Waals surface area contributed by atoms with E-state index in [2.05, 4.69) is 0 Å². The molecule has 0 radical (unpaired) electrons. The maximum Gasteiger partial charge on any atom is 0.396 e. The molecule has 2 fully saturated rings. The molecule has 0 heterocycles. The van der Waals surface area contributed by atoms with Gasteiger partial charge in [0, 0.05) is 0 Å². The van der Waals surface area contributed by atoms with E-state index in [9.17, 15) is 45.5 Å². The van der Waals surface area contributed by atoms with Crippen molar-refractivity contribution in [2.45, 2.75) is 69.3 Å². The van der Waals surface area contributed by atoms with Crippen LogP contribution in [0.15, 0.2) is 0 Å². The van der Waals surface area contributed by atoms with Crippen molar-refractivity contribution in [3.05, 3.63) is 0 Å². The predicted octanol–water partition coefficient (Wildman–Crippen LogP) is 2.12. The molecule has 12 heteroatoms. The molecular formula is C18H27F4O7S-. The maximum atomic E-state index is 13.5. The normalized spacial score (nSPS) is 30.6. The SMILES string of the molecule is CC(C)(O)C1C2CC(C(=O)OCCC(F)(F)C(F)(F)S(=O)(=O)[O-])C(C2)C1C(C)(C)O. The fraction of sp³-hybridized carbons (Fsp3) is 0.944. The first-order valence-electron chi connectivity index (χ1n) is 9.54. The number of alkyl halides is 4. The zero-order valence-electron chi connectivity index (χ0n) is 17.1. The first kappa shape index (κ1) is 25.3. The Balaban J connectivity index is 2.06. The highest BCUT2D eigenvalue weighted by Gasteiger charge is 2.63. The van der Waals surface area contributed by atoms with Crippen molar-refractivity contribution in [3.63, 3.8) is 0 Å². The van der Waals surface area contributed by atoms with Crippen LogP contribution in [0, 0.1) is 29.6 Å². The molecule has 2 bridgehead atoms. The van der Waals surface area contributed by atoms with E-state index >= 15 is 0 Å². The van der Waals surface area contributed by atoms with Crippen molar-refractivity contribution < 1.29 is 50.3 Å². The molecule has 7 nitrogen and oxygen atoms in total. The van der Waals surface area contributed by atoms with Gasteiger partial charge in [-0.05, 0) is 64.2 Å². The zero-order chi connectivity index (χ0) is 23.5. The summed E-state index contributed by atoms with van der Waals surface area (Å²) in [4.78, 5) is 12.4. The molecule has 0 spiro atoms. The van der Waals surface area contributed by atoms with Crippen LogP contribution in [0.2, 0.25) is 0 Å². The first-order valence-corrected chi connectivity index (χ1v) is 10.9. The molecule has 2 aliphatic rings. The van der Waals surface area contributed by atoms with Gasteiger partial charge in [0.25, 0.3) is 0 Å². The van der Waals surface area contributed by atoms with Gasteiger partial charge in [0.2, 0.25) is 0 Å². The number of halogens is 4. The summed E-state index contributed by atoms with van der Waals surface area (Å²) in [6, 6.07) is 0. The Hall–Kier alpha value is -0.980. The molecule has 0 amide bonds. The topological polar surface area (TPSA) is 124 Å². The molecule has 5 atom stereocenters. The summed E-state index contributed by atoms with van der Waals surface area (Å²) in [5.74, 6) is -8.22. The molecular weight excluding hydrogens is 436 g/mol. The van der Waals surface area contributed by atoms with Crippen LogP contribution in [0.4, 0.5) is 17.6 Å². The van der Waals surface area contributed by atoms with Gasteiger partial charge >= 0.3 is 17.1 Å². The molecule has 0 aromatic rings. The third-order valence-electron chi connectivity index (χ3n) is 6.34. The summed E-state index contributed by atoms with van der Waals surface area (Å²) in [7, 11) is -6.60. The fourth-order valence-corrected chi connectivity index (χ4v) is 5.79. The lowest BCUT2D eigenvalue weighted by Gasteiger charge is -2.46. The summed E-state index contributed by atoms with van der Waals surface area (Å²) >= 11 is 0. The van der Waals surface area contributed by atoms with Gasteiger partial charge in [0.15, 0.2) is 10.1 Å². The van der Waals surface area contributed by atoms with Gasteiger partial charge in [-0.25, -0.2) is 8.42 Å². The van der Waals surface area contributed by atoms with Crippen molar-refractivity contribution in [1.29, 1.82) is 0 Å². The van der Waals surface area contributed by atoms with Gasteiger partial charge in [-0.1, -0.05) is 0 Å². The molecule has 176 valence electrons. The number of carbonyl (C=O) groups is 1. The third kappa shape index (κ3) is 4.46. The quantitative estimate of drug-likeness (QED) is 0.321. The minimum atomic E-state index is -6.60. The summed E-state index contributed by atoms with van der Waals surface area (Å²) in [5.41, 5.74) is -2.38. The second kappa shape index (κ2) is 7.56. The number of rotatable bonds is 8. The lowest BCUT2D eigenvalue weighted by Crippen LogP contribution is -2.51. The third-order valence-corrected chi connectivity index (χ3v) is 7.27. The van der Waals surface area contributed by atoms with Gasteiger partial charge in [0.05, 0.1) is 30.1 Å². The Morgan fingerprint density at radius 1 is 1.03 bits per heavy atom.